The van der Waals surface area contributed by atoms with Crippen molar-refractivity contribution in [3.8, 4) is 17.6 Å². The molecule has 0 N–H and O–H groups in total. The highest BCUT2D eigenvalue weighted by molar-refractivity contribution is 5.85. The molecule has 1 fully saturated rings. The summed E-state index contributed by atoms with van der Waals surface area (Å²) in [4.78, 5) is 4.59. The van der Waals surface area contributed by atoms with Crippen molar-refractivity contribution in [3.05, 3.63) is 36.0 Å². The van der Waals surface area contributed by atoms with Crippen molar-refractivity contribution in [2.24, 2.45) is 0 Å². The molecule has 2 heterocycles. The molecule has 0 amide bonds. The van der Waals surface area contributed by atoms with Crippen LogP contribution in [-0.4, -0.2) is 42.8 Å². The van der Waals surface area contributed by atoms with Gasteiger partial charge in [-0.1, -0.05) is 6.07 Å². The van der Waals surface area contributed by atoms with Crippen LogP contribution in [-0.2, 0) is 6.54 Å². The summed E-state index contributed by atoms with van der Waals surface area (Å²) < 4.78 is 10.7. The van der Waals surface area contributed by atoms with E-state index < -0.39 is 0 Å². The van der Waals surface area contributed by atoms with E-state index in [4.69, 9.17) is 14.7 Å². The summed E-state index contributed by atoms with van der Waals surface area (Å²) in [5, 5.41) is 8.52. The van der Waals surface area contributed by atoms with E-state index in [0.29, 0.717) is 6.79 Å². The Kier molecular flexibility index (Phi) is 5.32. The third kappa shape index (κ3) is 3.81. The number of fused-ring (bicyclic) bond motifs is 1. The second-order valence-corrected chi connectivity index (χ2v) is 4.94. The molecule has 0 radical (unpaired) electrons. The lowest BCUT2D eigenvalue weighted by molar-refractivity contribution is 0.162. The molecule has 1 aromatic carbocycles. The Labute approximate surface area is 130 Å². The van der Waals surface area contributed by atoms with Gasteiger partial charge in [0.1, 0.15) is 0 Å². The van der Waals surface area contributed by atoms with Crippen LogP contribution >= 0.6 is 12.4 Å². The molecule has 3 rings (SSSR count). The largest absolute Gasteiger partial charge is 0.454 e. The van der Waals surface area contributed by atoms with Gasteiger partial charge in [-0.2, -0.15) is 5.26 Å². The van der Waals surface area contributed by atoms with Gasteiger partial charge >= 0.3 is 0 Å². The number of hydrogen-bond donors (Lipinski definition) is 0. The fraction of sp³-hybridized carbons (Fsp3) is 0.400. The number of allylic oxidation sites excluding steroid dienone is 1. The van der Waals surface area contributed by atoms with E-state index >= 15 is 0 Å². The van der Waals surface area contributed by atoms with E-state index in [1.165, 1.54) is 11.6 Å². The van der Waals surface area contributed by atoms with Crippen molar-refractivity contribution in [2.45, 2.75) is 6.54 Å². The third-order valence-electron chi connectivity index (χ3n) is 3.61. The number of rotatable bonds is 3. The molecule has 0 spiro atoms. The monoisotopic (exact) mass is 307 g/mol. The van der Waals surface area contributed by atoms with Gasteiger partial charge in [-0.05, 0) is 17.7 Å². The van der Waals surface area contributed by atoms with Gasteiger partial charge < -0.3 is 14.4 Å². The number of ether oxygens (including phenoxy) is 2. The number of benzene rings is 1. The summed E-state index contributed by atoms with van der Waals surface area (Å²) in [5.74, 6) is 1.68. The highest BCUT2D eigenvalue weighted by Gasteiger charge is 2.17. The van der Waals surface area contributed by atoms with Gasteiger partial charge in [0.05, 0.1) is 6.07 Å². The van der Waals surface area contributed by atoms with E-state index in [0.717, 1.165) is 44.2 Å². The van der Waals surface area contributed by atoms with Gasteiger partial charge in [0, 0.05) is 45.0 Å². The van der Waals surface area contributed by atoms with E-state index in [1.807, 2.05) is 18.3 Å². The van der Waals surface area contributed by atoms with Crippen LogP contribution < -0.4 is 9.47 Å². The zero-order valence-electron chi connectivity index (χ0n) is 11.7. The van der Waals surface area contributed by atoms with Crippen LogP contribution in [0.25, 0.3) is 0 Å². The van der Waals surface area contributed by atoms with Crippen molar-refractivity contribution < 1.29 is 9.47 Å². The first-order valence-electron chi connectivity index (χ1n) is 6.76. The van der Waals surface area contributed by atoms with Gasteiger partial charge in [-0.15, -0.1) is 12.4 Å². The first-order chi connectivity index (χ1) is 9.85. The van der Waals surface area contributed by atoms with Crippen LogP contribution in [0.5, 0.6) is 11.5 Å². The molecule has 2 aliphatic heterocycles. The minimum absolute atomic E-state index is 0. The topological polar surface area (TPSA) is 48.7 Å². The molecule has 0 unspecified atom stereocenters. The van der Waals surface area contributed by atoms with Gasteiger partial charge in [0.25, 0.3) is 0 Å². The van der Waals surface area contributed by atoms with Crippen LogP contribution in [0.2, 0.25) is 0 Å². The van der Waals surface area contributed by atoms with Gasteiger partial charge in [0.15, 0.2) is 11.5 Å². The molecule has 1 aromatic rings. The number of nitrogens with zero attached hydrogens (tertiary/aromatic N) is 3. The van der Waals surface area contributed by atoms with Gasteiger partial charge in [0.2, 0.25) is 6.79 Å². The zero-order valence-corrected chi connectivity index (χ0v) is 12.5. The molecule has 112 valence electrons. The summed E-state index contributed by atoms with van der Waals surface area (Å²) >= 11 is 0. The fourth-order valence-electron chi connectivity index (χ4n) is 2.51. The lowest BCUT2D eigenvalue weighted by Crippen LogP contribution is -2.43. The smallest absolute Gasteiger partial charge is 0.231 e. The summed E-state index contributed by atoms with van der Waals surface area (Å²) in [6.45, 7) is 5.18. The maximum atomic E-state index is 8.52. The maximum Gasteiger partial charge on any atom is 0.231 e. The van der Waals surface area contributed by atoms with Gasteiger partial charge in [-0.25, -0.2) is 0 Å². The van der Waals surface area contributed by atoms with Crippen molar-refractivity contribution >= 4 is 12.4 Å². The van der Waals surface area contributed by atoms with Gasteiger partial charge in [-0.3, -0.25) is 4.90 Å². The quantitative estimate of drug-likeness (QED) is 0.799. The summed E-state index contributed by atoms with van der Waals surface area (Å²) in [6.07, 6.45) is 3.41. The Hall–Kier alpha value is -1.90. The summed E-state index contributed by atoms with van der Waals surface area (Å²) in [5.41, 5.74) is 1.25. The lowest BCUT2D eigenvalue weighted by atomic mass is 10.1. The number of hydrogen-bond acceptors (Lipinski definition) is 5. The maximum absolute atomic E-state index is 8.52. The van der Waals surface area contributed by atoms with Crippen molar-refractivity contribution in [1.82, 2.24) is 9.80 Å². The van der Waals surface area contributed by atoms with Crippen molar-refractivity contribution in [2.75, 3.05) is 33.0 Å². The fourth-order valence-corrected chi connectivity index (χ4v) is 2.51. The summed E-state index contributed by atoms with van der Waals surface area (Å²) in [7, 11) is 0. The standard InChI is InChI=1S/C15H17N3O2.ClH/c16-4-1-5-17-6-8-18(9-7-17)11-13-2-3-14-15(10-13)20-12-19-14;/h1-3,5,10H,6-9,11-12H2;1H/b5-1+;. The van der Waals surface area contributed by atoms with E-state index in [2.05, 4.69) is 21.9 Å². The highest BCUT2D eigenvalue weighted by atomic mass is 35.5. The molecule has 0 aliphatic carbocycles. The van der Waals surface area contributed by atoms with E-state index in [1.54, 1.807) is 0 Å². The Balaban J connectivity index is 0.00000161. The van der Waals surface area contributed by atoms with Crippen LogP contribution in [0.3, 0.4) is 0 Å². The normalized spacial score (nSPS) is 17.6. The second kappa shape index (κ2) is 7.21. The summed E-state index contributed by atoms with van der Waals surface area (Å²) in [6, 6.07) is 8.16. The first-order valence-corrected chi connectivity index (χ1v) is 6.76. The number of nitriles is 1. The van der Waals surface area contributed by atoms with Crippen LogP contribution in [0.4, 0.5) is 0 Å². The molecule has 0 bridgehead atoms. The predicted molar refractivity (Wildman–Crippen MR) is 81.4 cm³/mol. The molecule has 0 aromatic heterocycles. The van der Waals surface area contributed by atoms with Crippen LogP contribution in [0, 0.1) is 11.3 Å². The molecule has 21 heavy (non-hydrogen) atoms. The SMILES string of the molecule is Cl.N#C/C=C/N1CCN(Cc2ccc3c(c2)OCO3)CC1. The van der Waals surface area contributed by atoms with Crippen molar-refractivity contribution in [3.63, 3.8) is 0 Å². The van der Waals surface area contributed by atoms with Crippen LogP contribution in [0.15, 0.2) is 30.5 Å². The second-order valence-electron chi connectivity index (χ2n) is 4.94. The van der Waals surface area contributed by atoms with E-state index in [9.17, 15) is 0 Å². The number of halogens is 1. The van der Waals surface area contributed by atoms with Crippen LogP contribution in [0.1, 0.15) is 5.56 Å². The minimum Gasteiger partial charge on any atom is -0.454 e. The minimum atomic E-state index is 0. The molecule has 1 saturated heterocycles. The third-order valence-corrected chi connectivity index (χ3v) is 3.61. The number of piperazine rings is 1. The molecular weight excluding hydrogens is 290 g/mol. The Morgan fingerprint density at radius 1 is 1.14 bits per heavy atom. The Morgan fingerprint density at radius 3 is 2.67 bits per heavy atom. The average Bonchev–Trinajstić information content (AvgIpc) is 2.94. The average molecular weight is 308 g/mol. The lowest BCUT2D eigenvalue weighted by Gasteiger charge is -2.33. The zero-order chi connectivity index (χ0) is 13.8. The molecule has 0 atom stereocenters. The molecule has 5 nitrogen and oxygen atoms in total. The molecule has 6 heteroatoms. The first kappa shape index (κ1) is 15.5. The molecule has 0 saturated carbocycles. The molecular formula is C15H18ClN3O2. The Bertz CT molecular complexity index is 548. The highest BCUT2D eigenvalue weighted by Crippen LogP contribution is 2.32. The molecule has 2 aliphatic rings. The Morgan fingerprint density at radius 2 is 1.90 bits per heavy atom. The van der Waals surface area contributed by atoms with E-state index in [-0.39, 0.29) is 12.4 Å². The predicted octanol–water partition coefficient (Wildman–Crippen LogP) is 1.99. The van der Waals surface area contributed by atoms with Crippen molar-refractivity contribution in [1.29, 1.82) is 5.26 Å².